The van der Waals surface area contributed by atoms with Crippen LogP contribution < -0.4 is 10.1 Å². The van der Waals surface area contributed by atoms with Crippen LogP contribution in [0, 0.1) is 20.8 Å². The number of ether oxygens (including phenoxy) is 1. The van der Waals surface area contributed by atoms with Crippen LogP contribution in [0.1, 0.15) is 17.0 Å². The lowest BCUT2D eigenvalue weighted by Gasteiger charge is -2.09. The molecule has 1 amide bonds. The van der Waals surface area contributed by atoms with Gasteiger partial charge in [0.05, 0.1) is 11.9 Å². The second-order valence-corrected chi connectivity index (χ2v) is 5.49. The lowest BCUT2D eigenvalue weighted by molar-refractivity contribution is -0.118. The number of nitrogens with zero attached hydrogens (tertiary/aromatic N) is 3. The van der Waals surface area contributed by atoms with Gasteiger partial charge in [-0.25, -0.2) is 9.50 Å². The lowest BCUT2D eigenvalue weighted by Crippen LogP contribution is -2.20. The van der Waals surface area contributed by atoms with Crippen molar-refractivity contribution in [3.63, 3.8) is 0 Å². The molecule has 0 atom stereocenters. The van der Waals surface area contributed by atoms with Crippen LogP contribution in [0.5, 0.6) is 5.75 Å². The van der Waals surface area contributed by atoms with Gasteiger partial charge in [0.15, 0.2) is 12.3 Å². The summed E-state index contributed by atoms with van der Waals surface area (Å²) >= 11 is 0. The normalized spacial score (nSPS) is 10.7. The summed E-state index contributed by atoms with van der Waals surface area (Å²) in [6, 6.07) is 9.44. The first-order valence-electron chi connectivity index (χ1n) is 7.34. The first-order valence-corrected chi connectivity index (χ1v) is 7.34. The number of carbonyl (C=O) groups excluding carboxylic acids is 1. The van der Waals surface area contributed by atoms with Crippen LogP contribution in [0.25, 0.3) is 5.65 Å². The Kier molecular flexibility index (Phi) is 3.97. The van der Waals surface area contributed by atoms with Gasteiger partial charge in [-0.1, -0.05) is 17.7 Å². The molecule has 2 heterocycles. The van der Waals surface area contributed by atoms with Crippen LogP contribution in [0.2, 0.25) is 0 Å². The van der Waals surface area contributed by atoms with Crippen LogP contribution in [-0.4, -0.2) is 27.1 Å². The van der Waals surface area contributed by atoms with Crippen molar-refractivity contribution in [2.24, 2.45) is 0 Å². The average Bonchev–Trinajstić information content (AvgIpc) is 2.88. The lowest BCUT2D eigenvalue weighted by atomic mass is 10.2. The molecule has 0 saturated heterocycles. The Morgan fingerprint density at radius 3 is 2.70 bits per heavy atom. The molecule has 6 nitrogen and oxygen atoms in total. The number of benzene rings is 1. The van der Waals surface area contributed by atoms with E-state index >= 15 is 0 Å². The van der Waals surface area contributed by atoms with E-state index in [1.54, 1.807) is 10.7 Å². The number of aromatic nitrogens is 3. The van der Waals surface area contributed by atoms with E-state index in [0.717, 1.165) is 16.8 Å². The number of pyridine rings is 1. The van der Waals surface area contributed by atoms with E-state index in [9.17, 15) is 4.79 Å². The van der Waals surface area contributed by atoms with Gasteiger partial charge in [-0.15, -0.1) is 0 Å². The minimum Gasteiger partial charge on any atom is -0.484 e. The third-order valence-corrected chi connectivity index (χ3v) is 3.40. The molecule has 0 radical (unpaired) electrons. The first-order chi connectivity index (χ1) is 11.0. The largest absolute Gasteiger partial charge is 0.484 e. The molecule has 2 aromatic heterocycles. The summed E-state index contributed by atoms with van der Waals surface area (Å²) in [5.74, 6) is 1.14. The van der Waals surface area contributed by atoms with Gasteiger partial charge in [0.1, 0.15) is 11.6 Å². The highest BCUT2D eigenvalue weighted by molar-refractivity contribution is 5.92. The molecule has 3 rings (SSSR count). The maximum absolute atomic E-state index is 12.0. The number of amides is 1. The summed E-state index contributed by atoms with van der Waals surface area (Å²) in [7, 11) is 0. The van der Waals surface area contributed by atoms with E-state index in [1.165, 1.54) is 0 Å². The first kappa shape index (κ1) is 15.0. The van der Waals surface area contributed by atoms with Gasteiger partial charge in [0.2, 0.25) is 0 Å². The van der Waals surface area contributed by atoms with Gasteiger partial charge in [-0.05, 0) is 44.5 Å². The number of hydrogen-bond acceptors (Lipinski definition) is 4. The van der Waals surface area contributed by atoms with E-state index in [2.05, 4.69) is 15.4 Å². The quantitative estimate of drug-likeness (QED) is 0.804. The highest BCUT2D eigenvalue weighted by Crippen LogP contribution is 2.15. The van der Waals surface area contributed by atoms with Crippen molar-refractivity contribution >= 4 is 17.2 Å². The second kappa shape index (κ2) is 6.08. The molecule has 23 heavy (non-hydrogen) atoms. The highest BCUT2D eigenvalue weighted by atomic mass is 16.5. The molecule has 0 aliphatic carbocycles. The summed E-state index contributed by atoms with van der Waals surface area (Å²) in [6.45, 7) is 5.72. The third kappa shape index (κ3) is 3.48. The molecular weight excluding hydrogens is 292 g/mol. The van der Waals surface area contributed by atoms with E-state index < -0.39 is 0 Å². The Hall–Kier alpha value is -2.89. The standard InChI is InChI=1S/C17H18N4O2/c1-11-4-6-15(7-5-11)23-10-16(22)19-14-8-12(2)17-18-13(3)20-21(17)9-14/h4-9H,10H2,1-3H3,(H,19,22). The Balaban J connectivity index is 1.66. The molecule has 0 unspecified atom stereocenters. The summed E-state index contributed by atoms with van der Waals surface area (Å²) < 4.78 is 7.14. The van der Waals surface area contributed by atoms with Crippen LogP contribution in [0.4, 0.5) is 5.69 Å². The van der Waals surface area contributed by atoms with Crippen molar-refractivity contribution in [1.29, 1.82) is 0 Å². The number of nitrogens with one attached hydrogen (secondary N) is 1. The predicted molar refractivity (Wildman–Crippen MR) is 87.8 cm³/mol. The summed E-state index contributed by atoms with van der Waals surface area (Å²) in [4.78, 5) is 16.4. The Bertz CT molecular complexity index is 853. The van der Waals surface area contributed by atoms with Crippen molar-refractivity contribution in [3.8, 4) is 5.75 Å². The van der Waals surface area contributed by atoms with Gasteiger partial charge in [-0.2, -0.15) is 5.10 Å². The van der Waals surface area contributed by atoms with Crippen molar-refractivity contribution in [3.05, 3.63) is 53.5 Å². The van der Waals surface area contributed by atoms with E-state index in [0.29, 0.717) is 17.3 Å². The van der Waals surface area contributed by atoms with Crippen LogP contribution >= 0.6 is 0 Å². The molecule has 6 heteroatoms. The predicted octanol–water partition coefficient (Wildman–Crippen LogP) is 2.67. The van der Waals surface area contributed by atoms with Gasteiger partial charge in [0.25, 0.3) is 5.91 Å². The number of fused-ring (bicyclic) bond motifs is 1. The zero-order chi connectivity index (χ0) is 16.4. The molecule has 3 aromatic rings. The number of aryl methyl sites for hydroxylation is 3. The monoisotopic (exact) mass is 310 g/mol. The van der Waals surface area contributed by atoms with Gasteiger partial charge in [-0.3, -0.25) is 4.79 Å². The molecule has 0 aliphatic heterocycles. The third-order valence-electron chi connectivity index (χ3n) is 3.40. The zero-order valence-corrected chi connectivity index (χ0v) is 13.3. The van der Waals surface area contributed by atoms with Crippen molar-refractivity contribution in [1.82, 2.24) is 14.6 Å². The average molecular weight is 310 g/mol. The number of hydrogen-bond donors (Lipinski definition) is 1. The fourth-order valence-electron chi connectivity index (χ4n) is 2.30. The van der Waals surface area contributed by atoms with Gasteiger partial charge in [0, 0.05) is 0 Å². The minimum absolute atomic E-state index is 0.0451. The maximum atomic E-state index is 12.0. The smallest absolute Gasteiger partial charge is 0.262 e. The molecule has 0 saturated carbocycles. The topological polar surface area (TPSA) is 68.5 Å². The zero-order valence-electron chi connectivity index (χ0n) is 13.3. The Labute approximate surface area is 134 Å². The van der Waals surface area contributed by atoms with E-state index in [1.807, 2.05) is 51.1 Å². The number of carbonyl (C=O) groups is 1. The fourth-order valence-corrected chi connectivity index (χ4v) is 2.30. The summed E-state index contributed by atoms with van der Waals surface area (Å²) in [6.07, 6.45) is 1.74. The number of anilines is 1. The summed E-state index contributed by atoms with van der Waals surface area (Å²) in [5, 5.41) is 7.08. The van der Waals surface area contributed by atoms with Crippen LogP contribution in [0.3, 0.4) is 0 Å². The van der Waals surface area contributed by atoms with Crippen molar-refractivity contribution in [2.45, 2.75) is 20.8 Å². The van der Waals surface area contributed by atoms with E-state index in [-0.39, 0.29) is 12.5 Å². The van der Waals surface area contributed by atoms with E-state index in [4.69, 9.17) is 4.74 Å². The Morgan fingerprint density at radius 2 is 1.96 bits per heavy atom. The maximum Gasteiger partial charge on any atom is 0.262 e. The van der Waals surface area contributed by atoms with Gasteiger partial charge < -0.3 is 10.1 Å². The second-order valence-electron chi connectivity index (χ2n) is 5.49. The molecule has 118 valence electrons. The molecular formula is C17H18N4O2. The minimum atomic E-state index is -0.221. The molecule has 0 aliphatic rings. The molecule has 0 fully saturated rings. The molecule has 1 aromatic carbocycles. The number of rotatable bonds is 4. The SMILES string of the molecule is Cc1ccc(OCC(=O)Nc2cc(C)c3nc(C)nn3c2)cc1. The molecule has 0 bridgehead atoms. The van der Waals surface area contributed by atoms with Crippen LogP contribution in [-0.2, 0) is 4.79 Å². The highest BCUT2D eigenvalue weighted by Gasteiger charge is 2.08. The van der Waals surface area contributed by atoms with Gasteiger partial charge >= 0.3 is 0 Å². The Morgan fingerprint density at radius 1 is 1.22 bits per heavy atom. The van der Waals surface area contributed by atoms with Crippen molar-refractivity contribution in [2.75, 3.05) is 11.9 Å². The molecule has 0 spiro atoms. The van der Waals surface area contributed by atoms with Crippen molar-refractivity contribution < 1.29 is 9.53 Å². The molecule has 1 N–H and O–H groups in total. The van der Waals surface area contributed by atoms with Crippen LogP contribution in [0.15, 0.2) is 36.5 Å². The summed E-state index contributed by atoms with van der Waals surface area (Å²) in [5.41, 5.74) is 3.55. The fraction of sp³-hybridized carbons (Fsp3) is 0.235.